The minimum atomic E-state index is 0.0360. The van der Waals surface area contributed by atoms with Crippen molar-refractivity contribution in [3.63, 3.8) is 0 Å². The number of carbonyl (C=O) groups is 1. The third-order valence-electron chi connectivity index (χ3n) is 4.98. The highest BCUT2D eigenvalue weighted by molar-refractivity contribution is 5.79. The van der Waals surface area contributed by atoms with E-state index in [1.807, 2.05) is 37.3 Å². The minimum absolute atomic E-state index is 0.0360. The van der Waals surface area contributed by atoms with Gasteiger partial charge in [-0.15, -0.1) is 0 Å². The number of aromatic nitrogens is 3. The van der Waals surface area contributed by atoms with Crippen molar-refractivity contribution in [3.8, 4) is 0 Å². The molecule has 0 aliphatic carbocycles. The van der Waals surface area contributed by atoms with E-state index in [9.17, 15) is 4.79 Å². The highest BCUT2D eigenvalue weighted by Crippen LogP contribution is 2.37. The Bertz CT molecular complexity index is 745. The molecule has 0 unspecified atom stereocenters. The number of hydrogen-bond acceptors (Lipinski definition) is 5. The van der Waals surface area contributed by atoms with Crippen molar-refractivity contribution in [2.75, 3.05) is 26.8 Å². The van der Waals surface area contributed by atoms with Crippen LogP contribution >= 0.6 is 0 Å². The predicted octanol–water partition coefficient (Wildman–Crippen LogP) is 1.45. The largest absolute Gasteiger partial charge is 0.383 e. The Hall–Kier alpha value is -2.25. The molecule has 26 heavy (non-hydrogen) atoms. The van der Waals surface area contributed by atoms with Crippen molar-refractivity contribution in [2.45, 2.75) is 25.9 Å². The number of likely N-dealkylation sites (tertiary alicyclic amines) is 1. The first-order valence-electron chi connectivity index (χ1n) is 8.98. The fraction of sp³-hybridized carbons (Fsp3) is 0.526. The van der Waals surface area contributed by atoms with Crippen LogP contribution in [0.5, 0.6) is 0 Å². The summed E-state index contributed by atoms with van der Waals surface area (Å²) in [6, 6.07) is 4.07. The lowest BCUT2D eigenvalue weighted by atomic mass is 9.95. The van der Waals surface area contributed by atoms with E-state index in [-0.39, 0.29) is 17.9 Å². The van der Waals surface area contributed by atoms with Crippen molar-refractivity contribution in [1.82, 2.24) is 25.0 Å². The molecule has 2 atom stereocenters. The smallest absolute Gasteiger partial charge is 0.223 e. The molecule has 0 bridgehead atoms. The van der Waals surface area contributed by atoms with E-state index in [0.717, 1.165) is 24.3 Å². The summed E-state index contributed by atoms with van der Waals surface area (Å²) in [5.41, 5.74) is 3.30. The van der Waals surface area contributed by atoms with Gasteiger partial charge in [0.15, 0.2) is 0 Å². The molecular weight excluding hydrogens is 330 g/mol. The van der Waals surface area contributed by atoms with E-state index in [0.29, 0.717) is 19.6 Å². The first kappa shape index (κ1) is 18.5. The number of amides is 1. The van der Waals surface area contributed by atoms with E-state index in [1.165, 1.54) is 5.56 Å². The molecule has 1 aliphatic heterocycles. The zero-order valence-corrected chi connectivity index (χ0v) is 15.7. The second-order valence-electron chi connectivity index (χ2n) is 6.82. The van der Waals surface area contributed by atoms with Crippen molar-refractivity contribution < 1.29 is 9.53 Å². The van der Waals surface area contributed by atoms with Gasteiger partial charge in [0, 0.05) is 69.8 Å². The van der Waals surface area contributed by atoms with Gasteiger partial charge >= 0.3 is 0 Å². The number of rotatable bonds is 8. The number of ether oxygens (including phenoxy) is 1. The highest BCUT2D eigenvalue weighted by atomic mass is 16.5. The molecule has 0 radical (unpaired) electrons. The van der Waals surface area contributed by atoms with E-state index in [2.05, 4.69) is 21.5 Å². The lowest BCUT2D eigenvalue weighted by Crippen LogP contribution is -2.33. The zero-order chi connectivity index (χ0) is 18.5. The molecular formula is C19H27N5O2. The zero-order valence-electron chi connectivity index (χ0n) is 15.7. The molecule has 2 aromatic heterocycles. The summed E-state index contributed by atoms with van der Waals surface area (Å²) in [4.78, 5) is 18.8. The van der Waals surface area contributed by atoms with Crippen LogP contribution in [0.2, 0.25) is 0 Å². The van der Waals surface area contributed by atoms with Crippen molar-refractivity contribution in [2.24, 2.45) is 13.0 Å². The summed E-state index contributed by atoms with van der Waals surface area (Å²) in [6.07, 6.45) is 6.21. The maximum atomic E-state index is 12.6. The summed E-state index contributed by atoms with van der Waals surface area (Å²) in [5, 5.41) is 7.80. The number of carbonyl (C=O) groups excluding carboxylic acids is 1. The topological polar surface area (TPSA) is 72.3 Å². The van der Waals surface area contributed by atoms with Gasteiger partial charge < -0.3 is 15.0 Å². The van der Waals surface area contributed by atoms with Gasteiger partial charge in [0.05, 0.1) is 18.8 Å². The summed E-state index contributed by atoms with van der Waals surface area (Å²) in [5.74, 6) is 0.390. The van der Waals surface area contributed by atoms with Crippen molar-refractivity contribution >= 4 is 5.91 Å². The van der Waals surface area contributed by atoms with Crippen LogP contribution in [0.15, 0.2) is 30.7 Å². The van der Waals surface area contributed by atoms with E-state index >= 15 is 0 Å². The fourth-order valence-electron chi connectivity index (χ4n) is 3.64. The second kappa shape index (κ2) is 8.42. The number of methoxy groups -OCH3 is 1. The maximum Gasteiger partial charge on any atom is 0.223 e. The third kappa shape index (κ3) is 4.11. The molecule has 1 fully saturated rings. The molecule has 1 saturated heterocycles. The second-order valence-corrected chi connectivity index (χ2v) is 6.82. The molecule has 7 nitrogen and oxygen atoms in total. The van der Waals surface area contributed by atoms with Gasteiger partial charge in [-0.3, -0.25) is 14.5 Å². The average molecular weight is 357 g/mol. The van der Waals surface area contributed by atoms with Crippen LogP contribution in [0.3, 0.4) is 0 Å². The molecule has 2 aromatic rings. The van der Waals surface area contributed by atoms with Gasteiger partial charge in [0.1, 0.15) is 0 Å². The molecule has 0 spiro atoms. The van der Waals surface area contributed by atoms with Crippen LogP contribution in [-0.4, -0.2) is 52.4 Å². The first-order valence-corrected chi connectivity index (χ1v) is 8.98. The lowest BCUT2D eigenvalue weighted by Gasteiger charge is -2.27. The van der Waals surface area contributed by atoms with Gasteiger partial charge in [0.25, 0.3) is 0 Å². The maximum absolute atomic E-state index is 12.6. The van der Waals surface area contributed by atoms with Gasteiger partial charge in [-0.05, 0) is 18.6 Å². The Morgan fingerprint density at radius 2 is 2.27 bits per heavy atom. The number of nitrogens with one attached hydrogen (secondary N) is 1. The molecule has 3 rings (SSSR count). The standard InChI is InChI=1S/C19H27N5O2/c1-14-15(5-4-6-21-14)10-20-11-16-9-18(25)24(7-8-26-3)19(16)17-12-22-23(2)13-17/h4-6,12-13,16,19-20H,7-11H2,1-3H3/t16-,19+/m0/s1. The Balaban J connectivity index is 1.69. The number of hydrogen-bond donors (Lipinski definition) is 1. The van der Waals surface area contributed by atoms with Crippen LogP contribution in [0.1, 0.15) is 29.3 Å². The third-order valence-corrected chi connectivity index (χ3v) is 4.98. The van der Waals surface area contributed by atoms with Gasteiger partial charge in [0.2, 0.25) is 5.91 Å². The van der Waals surface area contributed by atoms with Crippen molar-refractivity contribution in [1.29, 1.82) is 0 Å². The van der Waals surface area contributed by atoms with Crippen LogP contribution in [0.4, 0.5) is 0 Å². The summed E-state index contributed by atoms with van der Waals surface area (Å²) < 4.78 is 6.98. The normalized spacial score (nSPS) is 20.1. The Labute approximate surface area is 154 Å². The Morgan fingerprint density at radius 1 is 1.42 bits per heavy atom. The lowest BCUT2D eigenvalue weighted by molar-refractivity contribution is -0.129. The summed E-state index contributed by atoms with van der Waals surface area (Å²) in [7, 11) is 3.56. The summed E-state index contributed by atoms with van der Waals surface area (Å²) >= 11 is 0. The molecule has 1 N–H and O–H groups in total. The molecule has 1 aliphatic rings. The molecule has 7 heteroatoms. The first-order chi connectivity index (χ1) is 12.6. The quantitative estimate of drug-likeness (QED) is 0.774. The number of nitrogens with zero attached hydrogens (tertiary/aromatic N) is 4. The van der Waals surface area contributed by atoms with E-state index in [1.54, 1.807) is 18.0 Å². The molecule has 3 heterocycles. The average Bonchev–Trinajstić information content (AvgIpc) is 3.17. The monoisotopic (exact) mass is 357 g/mol. The Kier molecular flexibility index (Phi) is 6.00. The van der Waals surface area contributed by atoms with Gasteiger partial charge in [-0.2, -0.15) is 5.10 Å². The fourth-order valence-corrected chi connectivity index (χ4v) is 3.64. The van der Waals surface area contributed by atoms with Gasteiger partial charge in [-0.1, -0.05) is 6.07 Å². The van der Waals surface area contributed by atoms with E-state index < -0.39 is 0 Å². The predicted molar refractivity (Wildman–Crippen MR) is 98.3 cm³/mol. The minimum Gasteiger partial charge on any atom is -0.383 e. The number of pyridine rings is 1. The summed E-state index contributed by atoms with van der Waals surface area (Å²) in [6.45, 7) is 4.68. The van der Waals surface area contributed by atoms with Crippen molar-refractivity contribution in [3.05, 3.63) is 47.5 Å². The van der Waals surface area contributed by atoms with Gasteiger partial charge in [-0.25, -0.2) is 0 Å². The SMILES string of the molecule is COCCN1C(=O)C[C@@H](CNCc2cccnc2C)[C@@H]1c1cnn(C)c1. The van der Waals surface area contributed by atoms with E-state index in [4.69, 9.17) is 4.74 Å². The van der Waals surface area contributed by atoms with Crippen LogP contribution < -0.4 is 5.32 Å². The molecule has 1 amide bonds. The van der Waals surface area contributed by atoms with Crippen LogP contribution in [0.25, 0.3) is 0 Å². The Morgan fingerprint density at radius 3 is 2.96 bits per heavy atom. The molecule has 140 valence electrons. The van der Waals surface area contributed by atoms with Crippen LogP contribution in [0, 0.1) is 12.8 Å². The number of aryl methyl sites for hydroxylation is 2. The van der Waals surface area contributed by atoms with Crippen LogP contribution in [-0.2, 0) is 23.1 Å². The molecule has 0 saturated carbocycles. The highest BCUT2D eigenvalue weighted by Gasteiger charge is 2.40. The molecule has 0 aromatic carbocycles.